The lowest BCUT2D eigenvalue weighted by Crippen LogP contribution is -2.32. The normalized spacial score (nSPS) is 9.50. The summed E-state index contributed by atoms with van der Waals surface area (Å²) in [6.45, 7) is 0.907. The van der Waals surface area contributed by atoms with Gasteiger partial charge in [0.1, 0.15) is 0 Å². The van der Waals surface area contributed by atoms with Crippen molar-refractivity contribution in [1.29, 1.82) is 5.41 Å². The summed E-state index contributed by atoms with van der Waals surface area (Å²) in [6.07, 6.45) is 3.33. The van der Waals surface area contributed by atoms with Crippen LogP contribution in [0.5, 0.6) is 0 Å². The van der Waals surface area contributed by atoms with Crippen LogP contribution in [-0.4, -0.2) is 29.6 Å². The molecule has 0 aliphatic rings. The number of nitrogens with two attached hydrogens (primary N) is 1. The van der Waals surface area contributed by atoms with Gasteiger partial charge in [0.25, 0.3) is 0 Å². The molecule has 0 atom stereocenters. The van der Waals surface area contributed by atoms with Gasteiger partial charge in [-0.1, -0.05) is 18.2 Å². The smallest absolute Gasteiger partial charge is 0.166 e. The van der Waals surface area contributed by atoms with Crippen molar-refractivity contribution >= 4 is 34.3 Å². The topological polar surface area (TPSA) is 73.9 Å². The predicted molar refractivity (Wildman–Crippen MR) is 67.9 cm³/mol. The zero-order valence-electron chi connectivity index (χ0n) is 8.43. The molecule has 0 aromatic carbocycles. The minimum absolute atomic E-state index is 0.208. The highest BCUT2D eigenvalue weighted by atomic mass is 32.2. The van der Waals surface area contributed by atoms with Crippen LogP contribution in [0.3, 0.4) is 0 Å². The van der Waals surface area contributed by atoms with Crippen molar-refractivity contribution in [2.75, 3.05) is 19.3 Å². The Bertz CT molecular complexity index is 184. The fourth-order valence-corrected chi connectivity index (χ4v) is 1.55. The second kappa shape index (κ2) is 9.08. The first-order valence-corrected chi connectivity index (χ1v) is 5.98. The zero-order valence-corrected chi connectivity index (χ0v) is 10.1. The van der Waals surface area contributed by atoms with Crippen LogP contribution in [0.4, 0.5) is 0 Å². The number of unbranched alkanes of at least 4 members (excludes halogenated alkanes) is 2. The molecule has 0 radical (unpaired) electrons. The Balaban J connectivity index is 3.06. The first-order chi connectivity index (χ1) is 6.66. The van der Waals surface area contributed by atoms with Crippen molar-refractivity contribution in [3.8, 4) is 0 Å². The third kappa shape index (κ3) is 9.60. The number of amidine groups is 1. The zero-order chi connectivity index (χ0) is 10.8. The van der Waals surface area contributed by atoms with Crippen molar-refractivity contribution in [2.45, 2.75) is 19.3 Å². The summed E-state index contributed by atoms with van der Waals surface area (Å²) in [6, 6.07) is 0. The largest absolute Gasteiger partial charge is 0.379 e. The molecule has 0 rings (SSSR count). The summed E-state index contributed by atoms with van der Waals surface area (Å²) < 4.78 is 0. The van der Waals surface area contributed by atoms with Gasteiger partial charge < -0.3 is 16.4 Å². The fraction of sp³-hybridized carbons (Fsp3) is 0.750. The molecule has 82 valence electrons. The third-order valence-electron chi connectivity index (χ3n) is 1.59. The lowest BCUT2D eigenvalue weighted by atomic mass is 10.2. The van der Waals surface area contributed by atoms with Gasteiger partial charge in [0.15, 0.2) is 10.3 Å². The van der Waals surface area contributed by atoms with Crippen molar-refractivity contribution in [3.63, 3.8) is 0 Å². The number of rotatable bonds is 6. The molecule has 4 nitrogen and oxygen atoms in total. The monoisotopic (exact) mass is 234 g/mol. The van der Waals surface area contributed by atoms with Gasteiger partial charge in [-0.2, -0.15) is 0 Å². The van der Waals surface area contributed by atoms with E-state index in [1.165, 1.54) is 11.8 Å². The molecule has 0 spiro atoms. The van der Waals surface area contributed by atoms with Crippen LogP contribution in [-0.2, 0) is 0 Å². The third-order valence-corrected chi connectivity index (χ3v) is 2.74. The molecule has 0 aliphatic heterocycles. The highest BCUT2D eigenvalue weighted by molar-refractivity contribution is 8.13. The van der Waals surface area contributed by atoms with Crippen LogP contribution in [0.25, 0.3) is 0 Å². The van der Waals surface area contributed by atoms with Gasteiger partial charge in [-0.15, -0.1) is 0 Å². The molecule has 0 saturated carbocycles. The van der Waals surface area contributed by atoms with Crippen LogP contribution in [0.2, 0.25) is 0 Å². The van der Waals surface area contributed by atoms with E-state index in [0.29, 0.717) is 5.11 Å². The maximum Gasteiger partial charge on any atom is 0.166 e. The maximum absolute atomic E-state index is 7.00. The number of hydrogen-bond donors (Lipinski definition) is 4. The molecular formula is C8H18N4S2. The molecule has 5 N–H and O–H groups in total. The molecule has 0 saturated heterocycles. The second-order valence-corrected chi connectivity index (χ2v) is 4.32. The van der Waals surface area contributed by atoms with Crippen molar-refractivity contribution < 1.29 is 0 Å². The van der Waals surface area contributed by atoms with E-state index in [0.717, 1.165) is 31.6 Å². The minimum atomic E-state index is 0.208. The van der Waals surface area contributed by atoms with Crippen LogP contribution in [0.15, 0.2) is 0 Å². The van der Waals surface area contributed by atoms with Crippen molar-refractivity contribution in [2.24, 2.45) is 5.73 Å². The molecule has 0 aromatic rings. The maximum atomic E-state index is 7.00. The van der Waals surface area contributed by atoms with Gasteiger partial charge >= 0.3 is 0 Å². The quantitative estimate of drug-likeness (QED) is 0.238. The molecule has 0 bridgehead atoms. The van der Waals surface area contributed by atoms with Crippen LogP contribution < -0.4 is 16.4 Å². The van der Waals surface area contributed by atoms with Crippen LogP contribution in [0, 0.1) is 5.41 Å². The molecule has 0 amide bonds. The van der Waals surface area contributed by atoms with E-state index < -0.39 is 0 Å². The van der Waals surface area contributed by atoms with E-state index in [2.05, 4.69) is 10.6 Å². The first kappa shape index (κ1) is 13.5. The van der Waals surface area contributed by atoms with Gasteiger partial charge in [-0.25, -0.2) is 0 Å². The second-order valence-electron chi connectivity index (χ2n) is 2.78. The van der Waals surface area contributed by atoms with Gasteiger partial charge in [0.05, 0.1) is 0 Å². The summed E-state index contributed by atoms with van der Waals surface area (Å²) in [4.78, 5) is 0. The Hall–Kier alpha value is -0.490. The van der Waals surface area contributed by atoms with E-state index in [4.69, 9.17) is 23.4 Å². The molecular weight excluding hydrogens is 216 g/mol. The van der Waals surface area contributed by atoms with Crippen molar-refractivity contribution in [1.82, 2.24) is 10.6 Å². The number of hydrogen-bond acceptors (Lipinski definition) is 3. The molecule has 0 fully saturated rings. The Morgan fingerprint density at radius 1 is 1.43 bits per heavy atom. The Kier molecular flexibility index (Phi) is 8.76. The Labute approximate surface area is 94.9 Å². The highest BCUT2D eigenvalue weighted by Crippen LogP contribution is 2.04. The summed E-state index contributed by atoms with van der Waals surface area (Å²) in [5.74, 6) is 0.936. The van der Waals surface area contributed by atoms with E-state index in [1.54, 1.807) is 7.05 Å². The first-order valence-electron chi connectivity index (χ1n) is 4.59. The average Bonchev–Trinajstić information content (AvgIpc) is 2.15. The fourth-order valence-electron chi connectivity index (χ4n) is 0.876. The molecule has 0 aromatic heterocycles. The minimum Gasteiger partial charge on any atom is -0.379 e. The number of thioether (sulfide) groups is 1. The molecule has 0 aliphatic carbocycles. The number of nitrogens with one attached hydrogen (secondary N) is 3. The van der Waals surface area contributed by atoms with Gasteiger partial charge in [-0.05, 0) is 25.1 Å². The Morgan fingerprint density at radius 2 is 2.14 bits per heavy atom. The lowest BCUT2D eigenvalue weighted by molar-refractivity contribution is 0.697. The molecule has 6 heteroatoms. The van der Waals surface area contributed by atoms with Gasteiger partial charge in [0.2, 0.25) is 0 Å². The molecule has 0 unspecified atom stereocenters. The number of thiocarbonyl (C=S) groups is 1. The average molecular weight is 234 g/mol. The Morgan fingerprint density at radius 3 is 2.71 bits per heavy atom. The van der Waals surface area contributed by atoms with E-state index in [1.807, 2.05) is 0 Å². The highest BCUT2D eigenvalue weighted by Gasteiger charge is 1.93. The van der Waals surface area contributed by atoms with E-state index in [9.17, 15) is 0 Å². The van der Waals surface area contributed by atoms with Gasteiger partial charge in [-0.3, -0.25) is 5.41 Å². The summed E-state index contributed by atoms with van der Waals surface area (Å²) in [7, 11) is 1.80. The van der Waals surface area contributed by atoms with Crippen LogP contribution >= 0.6 is 24.0 Å². The SMILES string of the molecule is CNC(=S)NCCCCCSC(=N)N. The van der Waals surface area contributed by atoms with E-state index >= 15 is 0 Å². The van der Waals surface area contributed by atoms with Gasteiger partial charge in [0, 0.05) is 19.3 Å². The summed E-state index contributed by atoms with van der Waals surface area (Å²) in [5, 5.41) is 13.8. The van der Waals surface area contributed by atoms with Crippen LogP contribution in [0.1, 0.15) is 19.3 Å². The molecule has 14 heavy (non-hydrogen) atoms. The van der Waals surface area contributed by atoms with E-state index in [-0.39, 0.29) is 5.17 Å². The lowest BCUT2D eigenvalue weighted by Gasteiger charge is -2.06. The van der Waals surface area contributed by atoms with Crippen molar-refractivity contribution in [3.05, 3.63) is 0 Å². The summed E-state index contributed by atoms with van der Waals surface area (Å²) in [5.41, 5.74) is 5.20. The predicted octanol–water partition coefficient (Wildman–Crippen LogP) is 0.877. The standard InChI is InChI=1S/C8H18N4S2/c1-11-8(13)12-5-3-2-4-6-14-7(9)10/h2-6H2,1H3,(H3,9,10)(H2,11,12,13). The molecule has 0 heterocycles. The summed E-state index contributed by atoms with van der Waals surface area (Å²) >= 11 is 6.32.